The molecule has 0 aliphatic rings. The predicted molar refractivity (Wildman–Crippen MR) is 131 cm³/mol. The van der Waals surface area contributed by atoms with Crippen LogP contribution in [0.15, 0.2) is 30.3 Å². The Morgan fingerprint density at radius 1 is 0.889 bits per heavy atom. The molecule has 0 saturated carbocycles. The molecule has 1 aromatic rings. The minimum Gasteiger partial charge on any atom is -0.480 e. The highest BCUT2D eigenvalue weighted by Crippen LogP contribution is 2.08. The van der Waals surface area contributed by atoms with Gasteiger partial charge in [0.1, 0.15) is 12.1 Å². The van der Waals surface area contributed by atoms with Crippen molar-refractivity contribution in [1.82, 2.24) is 16.0 Å². The fourth-order valence-corrected chi connectivity index (χ4v) is 3.42. The molecule has 0 aliphatic carbocycles. The zero-order valence-corrected chi connectivity index (χ0v) is 20.8. The van der Waals surface area contributed by atoms with Gasteiger partial charge in [0.15, 0.2) is 6.04 Å². The highest BCUT2D eigenvalue weighted by Gasteiger charge is 2.32. The molecule has 1 aromatic carbocycles. The molecule has 36 heavy (non-hydrogen) atoms. The van der Waals surface area contributed by atoms with Crippen LogP contribution in [-0.2, 0) is 30.4 Å². The van der Waals surface area contributed by atoms with Crippen molar-refractivity contribution in [2.45, 2.75) is 76.7 Å². The molecule has 12 heteroatoms. The molecule has 5 unspecified atom stereocenters. The summed E-state index contributed by atoms with van der Waals surface area (Å²) in [5.74, 6) is -4.28. The number of carboxylic acid groups (broad SMARTS) is 1. The molecule has 0 spiro atoms. The zero-order valence-electron chi connectivity index (χ0n) is 20.8. The summed E-state index contributed by atoms with van der Waals surface area (Å²) >= 11 is 0. The number of aliphatic hydroxyl groups excluding tert-OH is 1. The summed E-state index contributed by atoms with van der Waals surface area (Å²) in [6, 6.07) is 3.88. The van der Waals surface area contributed by atoms with Crippen LogP contribution in [0.4, 0.5) is 0 Å². The van der Waals surface area contributed by atoms with Crippen LogP contribution in [0.1, 0.15) is 45.6 Å². The third kappa shape index (κ3) is 10.8. The van der Waals surface area contributed by atoms with Crippen molar-refractivity contribution < 1.29 is 34.2 Å². The van der Waals surface area contributed by atoms with Crippen molar-refractivity contribution in [2.75, 3.05) is 0 Å². The molecule has 5 atom stereocenters. The highest BCUT2D eigenvalue weighted by molar-refractivity contribution is 5.94. The number of nitrogens with two attached hydrogens (primary N) is 2. The second-order valence-corrected chi connectivity index (χ2v) is 9.12. The standard InChI is InChI=1S/C24H37N5O7/c1-13(2)11-16(25)21(32)28-18(12-15-7-5-4-6-8-15)23(34)27-17(9-10-19(26)31)22(33)29-20(14(3)30)24(35)36/h4-8,13-14,16-18,20,30H,9-12,25H2,1-3H3,(H2,26,31)(H,27,34)(H,28,32)(H,29,33)(H,35,36). The molecule has 9 N–H and O–H groups in total. The first-order chi connectivity index (χ1) is 16.8. The Hall–Kier alpha value is -3.51. The van der Waals surface area contributed by atoms with Gasteiger partial charge in [-0.05, 0) is 31.2 Å². The number of carbonyl (C=O) groups excluding carboxylic acids is 4. The second kappa shape index (κ2) is 14.8. The molecule has 0 aliphatic heterocycles. The Labute approximate surface area is 210 Å². The summed E-state index contributed by atoms with van der Waals surface area (Å²) in [5.41, 5.74) is 11.9. The van der Waals surface area contributed by atoms with E-state index in [1.165, 1.54) is 6.92 Å². The zero-order chi connectivity index (χ0) is 27.4. The number of hydrogen-bond donors (Lipinski definition) is 7. The molecular formula is C24H37N5O7. The predicted octanol–water partition coefficient (Wildman–Crippen LogP) is -1.21. The van der Waals surface area contributed by atoms with Crippen LogP contribution in [0.2, 0.25) is 0 Å². The van der Waals surface area contributed by atoms with Crippen molar-refractivity contribution in [3.8, 4) is 0 Å². The van der Waals surface area contributed by atoms with Gasteiger partial charge in [-0.2, -0.15) is 0 Å². The monoisotopic (exact) mass is 507 g/mol. The number of nitrogens with one attached hydrogen (secondary N) is 3. The normalized spacial score (nSPS) is 15.2. The minimum atomic E-state index is -1.64. The van der Waals surface area contributed by atoms with Crippen molar-refractivity contribution in [1.29, 1.82) is 0 Å². The van der Waals surface area contributed by atoms with E-state index in [0.29, 0.717) is 6.42 Å². The fourth-order valence-electron chi connectivity index (χ4n) is 3.42. The molecule has 0 aromatic heterocycles. The molecule has 0 radical (unpaired) electrons. The summed E-state index contributed by atoms with van der Waals surface area (Å²) < 4.78 is 0. The van der Waals surface area contributed by atoms with Crippen molar-refractivity contribution in [3.05, 3.63) is 35.9 Å². The van der Waals surface area contributed by atoms with E-state index in [1.807, 2.05) is 13.8 Å². The van der Waals surface area contributed by atoms with Gasteiger partial charge in [-0.3, -0.25) is 19.2 Å². The van der Waals surface area contributed by atoms with Crippen molar-refractivity contribution in [2.24, 2.45) is 17.4 Å². The Morgan fingerprint density at radius 2 is 1.44 bits per heavy atom. The van der Waals surface area contributed by atoms with E-state index in [4.69, 9.17) is 11.5 Å². The number of rotatable bonds is 15. The molecule has 4 amide bonds. The lowest BCUT2D eigenvalue weighted by molar-refractivity contribution is -0.145. The quantitative estimate of drug-likeness (QED) is 0.152. The first-order valence-electron chi connectivity index (χ1n) is 11.7. The van der Waals surface area contributed by atoms with Crippen LogP contribution in [0.25, 0.3) is 0 Å². The molecule has 0 fully saturated rings. The summed E-state index contributed by atoms with van der Waals surface area (Å²) in [5, 5.41) is 26.2. The number of aliphatic hydroxyl groups is 1. The molecule has 0 bridgehead atoms. The fraction of sp³-hybridized carbons (Fsp3) is 0.542. The summed E-state index contributed by atoms with van der Waals surface area (Å²) in [6.45, 7) is 4.99. The molecule has 200 valence electrons. The van der Waals surface area contributed by atoms with Gasteiger partial charge in [0, 0.05) is 12.8 Å². The van der Waals surface area contributed by atoms with Gasteiger partial charge in [0.05, 0.1) is 12.1 Å². The van der Waals surface area contributed by atoms with Crippen molar-refractivity contribution in [3.63, 3.8) is 0 Å². The van der Waals surface area contributed by atoms with Gasteiger partial charge in [0.2, 0.25) is 23.6 Å². The topological polar surface area (TPSA) is 214 Å². The van der Waals surface area contributed by atoms with Crippen LogP contribution in [0.3, 0.4) is 0 Å². The molecule has 0 heterocycles. The Balaban J connectivity index is 3.13. The van der Waals surface area contributed by atoms with E-state index in [0.717, 1.165) is 5.56 Å². The number of aliphatic carboxylic acids is 1. The number of benzene rings is 1. The first-order valence-corrected chi connectivity index (χ1v) is 11.7. The Morgan fingerprint density at radius 3 is 1.94 bits per heavy atom. The summed E-state index contributed by atoms with van der Waals surface area (Å²) in [6.07, 6.45) is -1.45. The van der Waals surface area contributed by atoms with Crippen molar-refractivity contribution >= 4 is 29.6 Å². The van der Waals surface area contributed by atoms with Gasteiger partial charge in [-0.1, -0.05) is 44.2 Å². The van der Waals surface area contributed by atoms with E-state index >= 15 is 0 Å². The van der Waals surface area contributed by atoms with Gasteiger partial charge in [-0.15, -0.1) is 0 Å². The Bertz CT molecular complexity index is 907. The average Bonchev–Trinajstić information content (AvgIpc) is 2.78. The van der Waals surface area contributed by atoms with Crippen LogP contribution in [0.5, 0.6) is 0 Å². The third-order valence-electron chi connectivity index (χ3n) is 5.34. The summed E-state index contributed by atoms with van der Waals surface area (Å²) in [7, 11) is 0. The van der Waals surface area contributed by atoms with Crippen LogP contribution in [0, 0.1) is 5.92 Å². The lowest BCUT2D eigenvalue weighted by Crippen LogP contribution is -2.58. The van der Waals surface area contributed by atoms with E-state index in [9.17, 15) is 34.2 Å². The van der Waals surface area contributed by atoms with E-state index in [1.54, 1.807) is 30.3 Å². The number of amides is 4. The maximum atomic E-state index is 13.2. The van der Waals surface area contributed by atoms with Crippen LogP contribution in [-0.4, -0.2) is 70.1 Å². The van der Waals surface area contributed by atoms with Crippen LogP contribution < -0.4 is 27.4 Å². The highest BCUT2D eigenvalue weighted by atomic mass is 16.4. The van der Waals surface area contributed by atoms with E-state index in [2.05, 4.69) is 16.0 Å². The molecule has 1 rings (SSSR count). The second-order valence-electron chi connectivity index (χ2n) is 9.12. The lowest BCUT2D eigenvalue weighted by Gasteiger charge is -2.26. The third-order valence-corrected chi connectivity index (χ3v) is 5.34. The smallest absolute Gasteiger partial charge is 0.328 e. The molecule has 12 nitrogen and oxygen atoms in total. The number of carbonyl (C=O) groups is 5. The number of carboxylic acids is 1. The number of primary amides is 1. The minimum absolute atomic E-state index is 0.0857. The number of hydrogen-bond acceptors (Lipinski definition) is 7. The van der Waals surface area contributed by atoms with Gasteiger partial charge < -0.3 is 37.6 Å². The maximum Gasteiger partial charge on any atom is 0.328 e. The van der Waals surface area contributed by atoms with Gasteiger partial charge in [0.25, 0.3) is 0 Å². The van der Waals surface area contributed by atoms with E-state index in [-0.39, 0.29) is 25.2 Å². The van der Waals surface area contributed by atoms with Crippen LogP contribution >= 0.6 is 0 Å². The largest absolute Gasteiger partial charge is 0.480 e. The van der Waals surface area contributed by atoms with E-state index < -0.39 is 59.9 Å². The van der Waals surface area contributed by atoms with Gasteiger partial charge in [-0.25, -0.2) is 4.79 Å². The van der Waals surface area contributed by atoms with Gasteiger partial charge >= 0.3 is 5.97 Å². The SMILES string of the molecule is CC(C)CC(N)C(=O)NC(Cc1ccccc1)C(=O)NC(CCC(N)=O)C(=O)NC(C(=O)O)C(C)O. The average molecular weight is 508 g/mol. The molecular weight excluding hydrogens is 470 g/mol. The first kappa shape index (κ1) is 30.5. The molecule has 0 saturated heterocycles. The Kier molecular flexibility index (Phi) is 12.5. The maximum absolute atomic E-state index is 13.2. The summed E-state index contributed by atoms with van der Waals surface area (Å²) in [4.78, 5) is 61.3. The lowest BCUT2D eigenvalue weighted by atomic mass is 10.0.